The number of hydrogen-bond acceptors (Lipinski definition) is 6. The maximum atomic E-state index is 13.3. The zero-order valence-corrected chi connectivity index (χ0v) is 18.8. The van der Waals surface area contributed by atoms with E-state index in [1.54, 1.807) is 42.5 Å². The molecule has 1 heterocycles. The van der Waals surface area contributed by atoms with Crippen molar-refractivity contribution in [1.82, 2.24) is 9.73 Å². The van der Waals surface area contributed by atoms with Crippen LogP contribution in [0.15, 0.2) is 82.8 Å². The van der Waals surface area contributed by atoms with Crippen LogP contribution in [0.25, 0.3) is 0 Å². The normalized spacial score (nSPS) is 12.9. The highest BCUT2D eigenvalue weighted by molar-refractivity contribution is 7.89. The molecule has 1 N–H and O–H groups in total. The number of rotatable bonds is 8. The first-order chi connectivity index (χ1) is 15.9. The minimum Gasteiger partial charge on any atom is -0.454 e. The summed E-state index contributed by atoms with van der Waals surface area (Å²) in [6.45, 7) is 1.71. The van der Waals surface area contributed by atoms with Crippen LogP contribution in [-0.4, -0.2) is 38.2 Å². The molecule has 0 aromatic heterocycles. The third kappa shape index (κ3) is 5.57. The fourth-order valence-electron chi connectivity index (χ4n) is 3.24. The Balaban J connectivity index is 1.48. The number of amides is 1. The van der Waals surface area contributed by atoms with Gasteiger partial charge in [-0.05, 0) is 48.4 Å². The van der Waals surface area contributed by atoms with Crippen molar-refractivity contribution in [1.29, 1.82) is 0 Å². The quantitative estimate of drug-likeness (QED) is 0.407. The van der Waals surface area contributed by atoms with Gasteiger partial charge in [0.2, 0.25) is 16.8 Å². The average Bonchev–Trinajstić information content (AvgIpc) is 3.28. The number of benzene rings is 3. The SMILES string of the molecule is Cc1ccc(S(=O)(=O)N(CC(=O)N/N=C\c2ccc3c(c2)OCO3)Cc2ccccc2)cc1. The van der Waals surface area contributed by atoms with Crippen molar-refractivity contribution >= 4 is 22.1 Å². The number of aryl methyl sites for hydroxylation is 1. The molecule has 0 radical (unpaired) electrons. The van der Waals surface area contributed by atoms with Crippen LogP contribution in [0, 0.1) is 6.92 Å². The maximum absolute atomic E-state index is 13.3. The Labute approximate surface area is 192 Å². The predicted molar refractivity (Wildman–Crippen MR) is 124 cm³/mol. The molecule has 0 saturated carbocycles. The van der Waals surface area contributed by atoms with Gasteiger partial charge in [-0.25, -0.2) is 13.8 Å². The van der Waals surface area contributed by atoms with Crippen LogP contribution in [0.5, 0.6) is 11.5 Å². The molecule has 0 aliphatic carbocycles. The van der Waals surface area contributed by atoms with Crippen molar-refractivity contribution in [3.05, 3.63) is 89.5 Å². The molecule has 1 aliphatic heterocycles. The summed E-state index contributed by atoms with van der Waals surface area (Å²) in [6.07, 6.45) is 1.45. The summed E-state index contributed by atoms with van der Waals surface area (Å²) in [6, 6.07) is 20.9. The summed E-state index contributed by atoms with van der Waals surface area (Å²) in [4.78, 5) is 12.7. The molecular weight excluding hydrogens is 442 g/mol. The van der Waals surface area contributed by atoms with Crippen LogP contribution < -0.4 is 14.9 Å². The third-order valence-corrected chi connectivity index (χ3v) is 6.79. The lowest BCUT2D eigenvalue weighted by molar-refractivity contribution is -0.121. The van der Waals surface area contributed by atoms with E-state index in [1.165, 1.54) is 6.21 Å². The van der Waals surface area contributed by atoms with Crippen molar-refractivity contribution in [2.24, 2.45) is 5.10 Å². The van der Waals surface area contributed by atoms with Crippen molar-refractivity contribution in [2.45, 2.75) is 18.4 Å². The second-order valence-electron chi connectivity index (χ2n) is 7.48. The first kappa shape index (κ1) is 22.5. The van der Waals surface area contributed by atoms with Gasteiger partial charge in [-0.1, -0.05) is 48.0 Å². The summed E-state index contributed by atoms with van der Waals surface area (Å²) in [5, 5.41) is 3.95. The van der Waals surface area contributed by atoms with Crippen LogP contribution in [0.3, 0.4) is 0 Å². The zero-order chi connectivity index (χ0) is 23.3. The van der Waals surface area contributed by atoms with Gasteiger partial charge in [-0.3, -0.25) is 4.79 Å². The average molecular weight is 466 g/mol. The van der Waals surface area contributed by atoms with E-state index in [-0.39, 0.29) is 24.8 Å². The number of fused-ring (bicyclic) bond motifs is 1. The Morgan fingerprint density at radius 3 is 2.52 bits per heavy atom. The van der Waals surface area contributed by atoms with Crippen molar-refractivity contribution in [3.63, 3.8) is 0 Å². The summed E-state index contributed by atoms with van der Waals surface area (Å²) in [5.41, 5.74) is 4.81. The number of carbonyl (C=O) groups is 1. The van der Waals surface area contributed by atoms with E-state index in [0.29, 0.717) is 17.1 Å². The lowest BCUT2D eigenvalue weighted by Crippen LogP contribution is -2.39. The van der Waals surface area contributed by atoms with E-state index in [4.69, 9.17) is 9.47 Å². The van der Waals surface area contributed by atoms with Crippen molar-refractivity contribution in [3.8, 4) is 11.5 Å². The van der Waals surface area contributed by atoms with E-state index in [1.807, 2.05) is 37.3 Å². The minimum atomic E-state index is -3.90. The molecule has 33 heavy (non-hydrogen) atoms. The molecule has 0 spiro atoms. The Hall–Kier alpha value is -3.69. The summed E-state index contributed by atoms with van der Waals surface area (Å²) < 4.78 is 38.3. The monoisotopic (exact) mass is 465 g/mol. The Morgan fingerprint density at radius 1 is 1.03 bits per heavy atom. The van der Waals surface area contributed by atoms with Gasteiger partial charge in [0.1, 0.15) is 0 Å². The smallest absolute Gasteiger partial charge is 0.255 e. The molecule has 4 rings (SSSR count). The van der Waals surface area contributed by atoms with Crippen molar-refractivity contribution in [2.75, 3.05) is 13.3 Å². The molecule has 0 fully saturated rings. The molecule has 9 heteroatoms. The van der Waals surface area contributed by atoms with E-state index in [2.05, 4.69) is 10.5 Å². The first-order valence-corrected chi connectivity index (χ1v) is 11.7. The van der Waals surface area contributed by atoms with Gasteiger partial charge in [0.15, 0.2) is 11.5 Å². The largest absolute Gasteiger partial charge is 0.454 e. The molecule has 0 saturated heterocycles. The van der Waals surface area contributed by atoms with Crippen LogP contribution >= 0.6 is 0 Å². The Bertz CT molecular complexity index is 1260. The number of ether oxygens (including phenoxy) is 2. The highest BCUT2D eigenvalue weighted by atomic mass is 32.2. The Kier molecular flexibility index (Phi) is 6.71. The fraction of sp³-hybridized carbons (Fsp3) is 0.167. The van der Waals surface area contributed by atoms with Crippen LogP contribution in [0.4, 0.5) is 0 Å². The van der Waals surface area contributed by atoms with E-state index in [0.717, 1.165) is 15.4 Å². The number of hydrazone groups is 1. The van der Waals surface area contributed by atoms with Gasteiger partial charge < -0.3 is 9.47 Å². The number of nitrogens with one attached hydrogen (secondary N) is 1. The van der Waals surface area contributed by atoms with Gasteiger partial charge in [0.05, 0.1) is 17.7 Å². The topological polar surface area (TPSA) is 97.3 Å². The van der Waals surface area contributed by atoms with Gasteiger partial charge >= 0.3 is 0 Å². The maximum Gasteiger partial charge on any atom is 0.255 e. The second kappa shape index (κ2) is 9.85. The zero-order valence-electron chi connectivity index (χ0n) is 18.0. The minimum absolute atomic E-state index is 0.0519. The summed E-state index contributed by atoms with van der Waals surface area (Å²) in [5.74, 6) is 0.691. The fourth-order valence-corrected chi connectivity index (χ4v) is 4.62. The number of sulfonamides is 1. The van der Waals surface area contributed by atoms with Crippen molar-refractivity contribution < 1.29 is 22.7 Å². The van der Waals surface area contributed by atoms with Crippen LogP contribution in [0.1, 0.15) is 16.7 Å². The molecule has 3 aromatic carbocycles. The molecule has 1 amide bonds. The van der Waals surface area contributed by atoms with E-state index >= 15 is 0 Å². The second-order valence-corrected chi connectivity index (χ2v) is 9.42. The molecule has 170 valence electrons. The molecule has 3 aromatic rings. The highest BCUT2D eigenvalue weighted by Gasteiger charge is 2.27. The lowest BCUT2D eigenvalue weighted by atomic mass is 10.2. The van der Waals surface area contributed by atoms with Crippen LogP contribution in [0.2, 0.25) is 0 Å². The summed E-state index contributed by atoms with van der Waals surface area (Å²) >= 11 is 0. The summed E-state index contributed by atoms with van der Waals surface area (Å²) in [7, 11) is -3.90. The number of nitrogens with zero attached hydrogens (tertiary/aromatic N) is 2. The van der Waals surface area contributed by atoms with Gasteiger partial charge in [0.25, 0.3) is 5.91 Å². The molecule has 1 aliphatic rings. The highest BCUT2D eigenvalue weighted by Crippen LogP contribution is 2.32. The van der Waals surface area contributed by atoms with Gasteiger partial charge in [0, 0.05) is 6.54 Å². The molecule has 0 bridgehead atoms. The van der Waals surface area contributed by atoms with Gasteiger partial charge in [-0.15, -0.1) is 0 Å². The standard InChI is InChI=1S/C24H23N3O5S/c1-18-7-10-21(11-8-18)33(29,30)27(15-19-5-3-2-4-6-19)16-24(28)26-25-14-20-9-12-22-23(13-20)32-17-31-22/h2-14H,15-17H2,1H3,(H,26,28)/b25-14-. The predicted octanol–water partition coefficient (Wildman–Crippen LogP) is 3.06. The lowest BCUT2D eigenvalue weighted by Gasteiger charge is -2.21. The number of hydrogen-bond donors (Lipinski definition) is 1. The first-order valence-electron chi connectivity index (χ1n) is 10.2. The Morgan fingerprint density at radius 2 is 1.76 bits per heavy atom. The van der Waals surface area contributed by atoms with Crippen LogP contribution in [-0.2, 0) is 21.4 Å². The number of carbonyl (C=O) groups excluding carboxylic acids is 1. The van der Waals surface area contributed by atoms with E-state index in [9.17, 15) is 13.2 Å². The molecule has 8 nitrogen and oxygen atoms in total. The van der Waals surface area contributed by atoms with E-state index < -0.39 is 15.9 Å². The van der Waals surface area contributed by atoms with Gasteiger partial charge in [-0.2, -0.15) is 9.41 Å². The molecular formula is C24H23N3O5S. The molecule has 0 unspecified atom stereocenters. The third-order valence-electron chi connectivity index (χ3n) is 4.98. The molecule has 0 atom stereocenters.